The van der Waals surface area contributed by atoms with Crippen LogP contribution in [0.25, 0.3) is 0 Å². The summed E-state index contributed by atoms with van der Waals surface area (Å²) >= 11 is 0. The minimum absolute atomic E-state index is 0.0969. The lowest BCUT2D eigenvalue weighted by Crippen LogP contribution is -2.48. The Labute approximate surface area is 194 Å². The molecule has 0 saturated carbocycles. The monoisotopic (exact) mass is 458 g/mol. The second-order valence-electron chi connectivity index (χ2n) is 7.61. The van der Waals surface area contributed by atoms with Crippen molar-refractivity contribution in [2.75, 3.05) is 20.3 Å². The number of ether oxygens (including phenoxy) is 1. The van der Waals surface area contributed by atoms with E-state index in [1.807, 2.05) is 20.8 Å². The van der Waals surface area contributed by atoms with Crippen LogP contribution in [0.15, 0.2) is 58.5 Å². The van der Waals surface area contributed by atoms with Crippen molar-refractivity contribution in [2.24, 2.45) is 9.98 Å². The van der Waals surface area contributed by atoms with E-state index >= 15 is 0 Å². The summed E-state index contributed by atoms with van der Waals surface area (Å²) in [6.45, 7) is 6.86. The number of hydrogen-bond acceptors (Lipinski definition) is 3. The highest BCUT2D eigenvalue weighted by Gasteiger charge is 2.17. The number of carbonyl (C=O) groups is 1. The SMILES string of the molecule is CCOC[C@H](C)N/C(=N/C(=O)c1ccc(F)cc1)NC(CC)C/C(=N\C)c1ccc(F)cc1. The molecule has 0 aliphatic heterocycles. The van der Waals surface area contributed by atoms with Gasteiger partial charge in [0, 0.05) is 43.4 Å². The lowest BCUT2D eigenvalue weighted by atomic mass is 10.0. The summed E-state index contributed by atoms with van der Waals surface area (Å²) in [5, 5.41) is 6.50. The van der Waals surface area contributed by atoms with Gasteiger partial charge < -0.3 is 15.4 Å². The Morgan fingerprint density at radius 2 is 1.55 bits per heavy atom. The predicted octanol–water partition coefficient (Wildman–Crippen LogP) is 4.35. The third-order valence-corrected chi connectivity index (χ3v) is 4.98. The predicted molar refractivity (Wildman–Crippen MR) is 128 cm³/mol. The van der Waals surface area contributed by atoms with E-state index in [0.717, 1.165) is 17.7 Å². The maximum atomic E-state index is 13.3. The van der Waals surface area contributed by atoms with Gasteiger partial charge in [0.25, 0.3) is 5.91 Å². The Kier molecular flexibility index (Phi) is 10.6. The zero-order chi connectivity index (χ0) is 24.2. The minimum Gasteiger partial charge on any atom is -0.380 e. The molecule has 1 unspecified atom stereocenters. The smallest absolute Gasteiger partial charge is 0.280 e. The quantitative estimate of drug-likeness (QED) is 0.410. The second-order valence-corrected chi connectivity index (χ2v) is 7.61. The van der Waals surface area contributed by atoms with Gasteiger partial charge in [-0.25, -0.2) is 8.78 Å². The number of guanidine groups is 1. The van der Waals surface area contributed by atoms with Crippen LogP contribution in [0.2, 0.25) is 0 Å². The molecule has 0 heterocycles. The van der Waals surface area contributed by atoms with Gasteiger partial charge in [0.2, 0.25) is 0 Å². The Morgan fingerprint density at radius 1 is 0.970 bits per heavy atom. The van der Waals surface area contributed by atoms with Gasteiger partial charge >= 0.3 is 0 Å². The van der Waals surface area contributed by atoms with Gasteiger partial charge in [-0.05, 0) is 62.2 Å². The van der Waals surface area contributed by atoms with Crippen molar-refractivity contribution in [2.45, 2.75) is 45.7 Å². The van der Waals surface area contributed by atoms with E-state index < -0.39 is 11.7 Å². The van der Waals surface area contributed by atoms with Crippen LogP contribution < -0.4 is 10.6 Å². The third-order valence-electron chi connectivity index (χ3n) is 4.98. The molecule has 2 rings (SSSR count). The van der Waals surface area contributed by atoms with Gasteiger partial charge in [-0.3, -0.25) is 9.79 Å². The van der Waals surface area contributed by atoms with Gasteiger partial charge in [0.05, 0.1) is 6.61 Å². The molecule has 1 amide bonds. The van der Waals surface area contributed by atoms with Crippen LogP contribution >= 0.6 is 0 Å². The average molecular weight is 459 g/mol. The van der Waals surface area contributed by atoms with Crippen LogP contribution in [0.3, 0.4) is 0 Å². The first-order chi connectivity index (χ1) is 15.9. The van der Waals surface area contributed by atoms with Crippen LogP contribution in [0, 0.1) is 11.6 Å². The first kappa shape index (κ1) is 26.1. The van der Waals surface area contributed by atoms with E-state index in [2.05, 4.69) is 20.6 Å². The van der Waals surface area contributed by atoms with E-state index in [1.54, 1.807) is 19.2 Å². The topological polar surface area (TPSA) is 75.1 Å². The van der Waals surface area contributed by atoms with E-state index in [-0.39, 0.29) is 23.5 Å². The Bertz CT molecular complexity index is 944. The van der Waals surface area contributed by atoms with E-state index in [4.69, 9.17) is 4.74 Å². The maximum Gasteiger partial charge on any atom is 0.280 e. The standard InChI is InChI=1S/C25H32F2N4O2/c1-5-22(15-23(28-4)18-7-11-20(26)12-8-18)30-25(29-17(3)16-33-6-2)31-24(32)19-9-13-21(27)14-10-19/h7-14,17,22H,5-6,15-16H2,1-4H3,(H2,29,30,31,32)/b28-23+/t17-,22?/m0/s1. The third kappa shape index (κ3) is 8.73. The summed E-state index contributed by atoms with van der Waals surface area (Å²) in [6, 6.07) is 11.2. The molecule has 0 spiro atoms. The van der Waals surface area contributed by atoms with Gasteiger partial charge in [0.15, 0.2) is 5.96 Å². The first-order valence-electron chi connectivity index (χ1n) is 11.1. The maximum absolute atomic E-state index is 13.3. The highest BCUT2D eigenvalue weighted by Crippen LogP contribution is 2.11. The fourth-order valence-corrected chi connectivity index (χ4v) is 3.14. The Morgan fingerprint density at radius 3 is 2.06 bits per heavy atom. The van der Waals surface area contributed by atoms with E-state index in [0.29, 0.717) is 25.6 Å². The average Bonchev–Trinajstić information content (AvgIpc) is 2.81. The lowest BCUT2D eigenvalue weighted by molar-refractivity contribution is 0.100. The number of hydrogen-bond donors (Lipinski definition) is 2. The molecule has 0 radical (unpaired) electrons. The molecule has 2 aromatic carbocycles. The number of amides is 1. The Balaban J connectivity index is 2.21. The van der Waals surface area contributed by atoms with Crippen molar-refractivity contribution in [3.8, 4) is 0 Å². The number of rotatable bonds is 10. The van der Waals surface area contributed by atoms with Crippen LogP contribution in [-0.4, -0.2) is 49.9 Å². The van der Waals surface area contributed by atoms with Gasteiger partial charge in [-0.2, -0.15) is 4.99 Å². The van der Waals surface area contributed by atoms with E-state index in [1.165, 1.54) is 36.4 Å². The van der Waals surface area contributed by atoms with Gasteiger partial charge in [-0.1, -0.05) is 19.1 Å². The molecule has 0 aliphatic rings. The fraction of sp³-hybridized carbons (Fsp3) is 0.400. The molecule has 6 nitrogen and oxygen atoms in total. The first-order valence-corrected chi connectivity index (χ1v) is 11.1. The largest absolute Gasteiger partial charge is 0.380 e. The van der Waals surface area contributed by atoms with Crippen molar-refractivity contribution in [1.29, 1.82) is 0 Å². The van der Waals surface area contributed by atoms with E-state index in [9.17, 15) is 13.6 Å². The normalized spacial score (nSPS) is 14.0. The second kappa shape index (κ2) is 13.4. The molecule has 0 aliphatic carbocycles. The molecule has 178 valence electrons. The van der Waals surface area contributed by atoms with Crippen molar-refractivity contribution >= 4 is 17.6 Å². The number of halogens is 2. The summed E-state index contributed by atoms with van der Waals surface area (Å²) in [6.07, 6.45) is 1.27. The lowest BCUT2D eigenvalue weighted by Gasteiger charge is -2.23. The number of aliphatic imine (C=N–C) groups is 2. The molecular formula is C25H32F2N4O2. The highest BCUT2D eigenvalue weighted by atomic mass is 19.1. The van der Waals surface area contributed by atoms with Crippen LogP contribution in [-0.2, 0) is 4.74 Å². The zero-order valence-corrected chi connectivity index (χ0v) is 19.6. The molecule has 8 heteroatoms. The number of nitrogens with one attached hydrogen (secondary N) is 2. The van der Waals surface area contributed by atoms with Crippen molar-refractivity contribution in [3.05, 3.63) is 71.3 Å². The van der Waals surface area contributed by atoms with Crippen LogP contribution in [0.4, 0.5) is 8.78 Å². The number of nitrogens with zero attached hydrogens (tertiary/aromatic N) is 2. The minimum atomic E-state index is -0.494. The molecule has 0 bridgehead atoms. The molecule has 0 fully saturated rings. The summed E-state index contributed by atoms with van der Waals surface area (Å²) in [5.41, 5.74) is 1.92. The number of benzene rings is 2. The summed E-state index contributed by atoms with van der Waals surface area (Å²) in [4.78, 5) is 21.3. The van der Waals surface area contributed by atoms with Crippen molar-refractivity contribution in [3.63, 3.8) is 0 Å². The molecule has 2 N–H and O–H groups in total. The van der Waals surface area contributed by atoms with Crippen LogP contribution in [0.1, 0.15) is 49.5 Å². The zero-order valence-electron chi connectivity index (χ0n) is 19.6. The molecule has 2 aromatic rings. The highest BCUT2D eigenvalue weighted by molar-refractivity contribution is 6.03. The fourth-order valence-electron chi connectivity index (χ4n) is 3.14. The molecule has 33 heavy (non-hydrogen) atoms. The number of carbonyl (C=O) groups excluding carboxylic acids is 1. The van der Waals surface area contributed by atoms with Crippen molar-refractivity contribution < 1.29 is 18.3 Å². The summed E-state index contributed by atoms with van der Waals surface area (Å²) in [7, 11) is 1.70. The molecule has 0 aromatic heterocycles. The molecule has 2 atom stereocenters. The molecule has 0 saturated heterocycles. The van der Waals surface area contributed by atoms with Crippen molar-refractivity contribution in [1.82, 2.24) is 10.6 Å². The van der Waals surface area contributed by atoms with Gasteiger partial charge in [-0.15, -0.1) is 0 Å². The Hall–Kier alpha value is -3.13. The molecular weight excluding hydrogens is 426 g/mol. The summed E-state index contributed by atoms with van der Waals surface area (Å²) in [5.74, 6) is -0.916. The van der Waals surface area contributed by atoms with Gasteiger partial charge in [0.1, 0.15) is 11.6 Å². The summed E-state index contributed by atoms with van der Waals surface area (Å²) < 4.78 is 32.0. The van der Waals surface area contributed by atoms with Crippen LogP contribution in [0.5, 0.6) is 0 Å².